The van der Waals surface area contributed by atoms with E-state index in [4.69, 9.17) is 10.5 Å². The van der Waals surface area contributed by atoms with Gasteiger partial charge in [-0.2, -0.15) is 0 Å². The molecule has 0 amide bonds. The molecule has 0 saturated heterocycles. The average Bonchev–Trinajstić information content (AvgIpc) is 2.71. The summed E-state index contributed by atoms with van der Waals surface area (Å²) in [7, 11) is 0. The number of esters is 1. The van der Waals surface area contributed by atoms with Gasteiger partial charge in [-0.05, 0) is 24.1 Å². The number of ether oxygens (including phenoxy) is 1. The molecule has 0 unspecified atom stereocenters. The van der Waals surface area contributed by atoms with Gasteiger partial charge in [-0.25, -0.2) is 0 Å². The van der Waals surface area contributed by atoms with Crippen molar-refractivity contribution >= 4 is 23.2 Å². The van der Waals surface area contributed by atoms with Crippen LogP contribution in [-0.4, -0.2) is 23.3 Å². The molecule has 1 atom stereocenters. The minimum absolute atomic E-state index is 0.357. The third-order valence-electron chi connectivity index (χ3n) is 2.63. The van der Waals surface area contributed by atoms with E-state index in [1.165, 1.54) is 6.92 Å². The second-order valence-corrected chi connectivity index (χ2v) is 4.12. The normalized spacial score (nSPS) is 12.3. The molecular weight excluding hydrogens is 232 g/mol. The van der Waals surface area contributed by atoms with Gasteiger partial charge < -0.3 is 20.2 Å². The van der Waals surface area contributed by atoms with Crippen LogP contribution in [0.2, 0.25) is 0 Å². The maximum atomic E-state index is 10.9. The third-order valence-corrected chi connectivity index (χ3v) is 2.63. The Kier molecular flexibility index (Phi) is 3.43. The zero-order valence-electron chi connectivity index (χ0n) is 9.97. The number of benzene rings is 1. The standard InChI is InChI=1S/C13H14N2O3/c1-8(17)18-11-2-3-12-9(4-10(14)7-16)6-15-13(12)5-11/h2-3,5-7,10,15H,4,14H2,1H3/t10-/m1/s1. The van der Waals surface area contributed by atoms with E-state index in [-0.39, 0.29) is 5.97 Å². The van der Waals surface area contributed by atoms with Crippen molar-refractivity contribution in [2.24, 2.45) is 5.73 Å². The summed E-state index contributed by atoms with van der Waals surface area (Å²) < 4.78 is 4.99. The van der Waals surface area contributed by atoms with E-state index in [0.717, 1.165) is 22.8 Å². The van der Waals surface area contributed by atoms with E-state index in [1.54, 1.807) is 12.1 Å². The van der Waals surface area contributed by atoms with E-state index in [1.807, 2.05) is 12.3 Å². The van der Waals surface area contributed by atoms with Crippen molar-refractivity contribution in [2.75, 3.05) is 0 Å². The van der Waals surface area contributed by atoms with Crippen molar-refractivity contribution in [3.05, 3.63) is 30.0 Å². The molecule has 0 fully saturated rings. The van der Waals surface area contributed by atoms with Crippen LogP contribution < -0.4 is 10.5 Å². The lowest BCUT2D eigenvalue weighted by atomic mass is 10.1. The summed E-state index contributed by atoms with van der Waals surface area (Å²) in [5, 5.41) is 0.975. The van der Waals surface area contributed by atoms with Crippen molar-refractivity contribution in [2.45, 2.75) is 19.4 Å². The summed E-state index contributed by atoms with van der Waals surface area (Å²) in [6.45, 7) is 1.35. The highest BCUT2D eigenvalue weighted by molar-refractivity contribution is 5.85. The maximum absolute atomic E-state index is 10.9. The van der Waals surface area contributed by atoms with Crippen molar-refractivity contribution in [1.29, 1.82) is 0 Å². The molecule has 0 aliphatic rings. The van der Waals surface area contributed by atoms with Crippen LogP contribution in [-0.2, 0) is 16.0 Å². The van der Waals surface area contributed by atoms with Crippen LogP contribution in [0.5, 0.6) is 5.75 Å². The smallest absolute Gasteiger partial charge is 0.308 e. The second-order valence-electron chi connectivity index (χ2n) is 4.12. The Morgan fingerprint density at radius 2 is 2.33 bits per heavy atom. The lowest BCUT2D eigenvalue weighted by molar-refractivity contribution is -0.131. The molecule has 18 heavy (non-hydrogen) atoms. The fraction of sp³-hybridized carbons (Fsp3) is 0.231. The van der Waals surface area contributed by atoms with Crippen LogP contribution in [0.3, 0.4) is 0 Å². The maximum Gasteiger partial charge on any atom is 0.308 e. The Bertz CT molecular complexity index is 589. The summed E-state index contributed by atoms with van der Waals surface area (Å²) in [6, 6.07) is 4.80. The minimum atomic E-state index is -0.503. The van der Waals surface area contributed by atoms with Crippen LogP contribution >= 0.6 is 0 Å². The lowest BCUT2D eigenvalue weighted by Crippen LogP contribution is -2.23. The minimum Gasteiger partial charge on any atom is -0.427 e. The Balaban J connectivity index is 2.31. The summed E-state index contributed by atoms with van der Waals surface area (Å²) in [5.41, 5.74) is 7.42. The Hall–Kier alpha value is -2.14. The number of nitrogens with one attached hydrogen (secondary N) is 1. The molecule has 0 saturated carbocycles. The van der Waals surface area contributed by atoms with E-state index < -0.39 is 6.04 Å². The van der Waals surface area contributed by atoms with Gasteiger partial charge in [-0.1, -0.05) is 0 Å². The number of carbonyl (C=O) groups excluding carboxylic acids is 2. The number of H-pyrrole nitrogens is 1. The first-order valence-corrected chi connectivity index (χ1v) is 5.59. The molecule has 1 heterocycles. The molecule has 1 aromatic carbocycles. The van der Waals surface area contributed by atoms with Gasteiger partial charge in [-0.3, -0.25) is 4.79 Å². The SMILES string of the molecule is CC(=O)Oc1ccc2c(C[C@@H](N)C=O)c[nH]c2c1. The molecule has 3 N–H and O–H groups in total. The number of carbonyl (C=O) groups is 2. The van der Waals surface area contributed by atoms with Crippen molar-refractivity contribution < 1.29 is 14.3 Å². The van der Waals surface area contributed by atoms with Gasteiger partial charge >= 0.3 is 5.97 Å². The monoisotopic (exact) mass is 246 g/mol. The van der Waals surface area contributed by atoms with Gasteiger partial charge in [0.1, 0.15) is 12.0 Å². The topological polar surface area (TPSA) is 85.2 Å². The van der Waals surface area contributed by atoms with E-state index in [9.17, 15) is 9.59 Å². The van der Waals surface area contributed by atoms with Gasteiger partial charge in [0.05, 0.1) is 6.04 Å². The Morgan fingerprint density at radius 3 is 3.00 bits per heavy atom. The Morgan fingerprint density at radius 1 is 1.56 bits per heavy atom. The Labute approximate surface area is 104 Å². The predicted molar refractivity (Wildman–Crippen MR) is 67.4 cm³/mol. The average molecular weight is 246 g/mol. The molecule has 0 aliphatic carbocycles. The molecule has 0 spiro atoms. The summed E-state index contributed by atoms with van der Waals surface area (Å²) in [4.78, 5) is 24.5. The van der Waals surface area contributed by atoms with Gasteiger partial charge in [0, 0.05) is 30.1 Å². The van der Waals surface area contributed by atoms with Gasteiger partial charge in [-0.15, -0.1) is 0 Å². The summed E-state index contributed by atoms with van der Waals surface area (Å²) >= 11 is 0. The van der Waals surface area contributed by atoms with Gasteiger partial charge in [0.25, 0.3) is 0 Å². The highest BCUT2D eigenvalue weighted by atomic mass is 16.5. The largest absolute Gasteiger partial charge is 0.427 e. The number of fused-ring (bicyclic) bond motifs is 1. The first-order valence-electron chi connectivity index (χ1n) is 5.59. The number of nitrogens with two attached hydrogens (primary N) is 1. The highest BCUT2D eigenvalue weighted by Crippen LogP contribution is 2.24. The number of aromatic amines is 1. The lowest BCUT2D eigenvalue weighted by Gasteiger charge is -2.03. The molecular formula is C13H14N2O3. The van der Waals surface area contributed by atoms with E-state index in [0.29, 0.717) is 12.2 Å². The number of hydrogen-bond acceptors (Lipinski definition) is 4. The fourth-order valence-corrected chi connectivity index (χ4v) is 1.87. The van der Waals surface area contributed by atoms with Crippen LogP contribution in [0.15, 0.2) is 24.4 Å². The predicted octanol–water partition coefficient (Wildman–Crippen LogP) is 1.16. The molecule has 0 radical (unpaired) electrons. The molecule has 2 aromatic rings. The van der Waals surface area contributed by atoms with Gasteiger partial charge in [0.2, 0.25) is 0 Å². The second kappa shape index (κ2) is 5.01. The molecule has 0 aliphatic heterocycles. The quantitative estimate of drug-likeness (QED) is 0.481. The van der Waals surface area contributed by atoms with Gasteiger partial charge in [0.15, 0.2) is 0 Å². The molecule has 94 valence electrons. The van der Waals surface area contributed by atoms with Crippen LogP contribution in [0.4, 0.5) is 0 Å². The number of rotatable bonds is 4. The zero-order valence-corrected chi connectivity index (χ0v) is 9.97. The van der Waals surface area contributed by atoms with E-state index >= 15 is 0 Å². The molecule has 0 bridgehead atoms. The molecule has 5 nitrogen and oxygen atoms in total. The summed E-state index contributed by atoms with van der Waals surface area (Å²) in [5.74, 6) is 0.132. The number of hydrogen-bond donors (Lipinski definition) is 2. The summed E-state index contributed by atoms with van der Waals surface area (Å²) in [6.07, 6.45) is 3.02. The zero-order chi connectivity index (χ0) is 13.1. The number of aldehydes is 1. The highest BCUT2D eigenvalue weighted by Gasteiger charge is 2.09. The van der Waals surface area contributed by atoms with Crippen molar-refractivity contribution in [3.8, 4) is 5.75 Å². The first-order chi connectivity index (χ1) is 8.60. The molecule has 2 rings (SSSR count). The third kappa shape index (κ3) is 2.57. The molecule has 1 aromatic heterocycles. The first kappa shape index (κ1) is 12.3. The van der Waals surface area contributed by atoms with Crippen molar-refractivity contribution in [1.82, 2.24) is 4.98 Å². The van der Waals surface area contributed by atoms with Crippen LogP contribution in [0.1, 0.15) is 12.5 Å². The fourth-order valence-electron chi connectivity index (χ4n) is 1.87. The number of aromatic nitrogens is 1. The van der Waals surface area contributed by atoms with Crippen molar-refractivity contribution in [3.63, 3.8) is 0 Å². The molecule has 5 heteroatoms. The van der Waals surface area contributed by atoms with Crippen LogP contribution in [0.25, 0.3) is 10.9 Å². The van der Waals surface area contributed by atoms with Crippen LogP contribution in [0, 0.1) is 0 Å². The van der Waals surface area contributed by atoms with E-state index in [2.05, 4.69) is 4.98 Å².